The van der Waals surface area contributed by atoms with Crippen LogP contribution >= 0.6 is 11.6 Å². The summed E-state index contributed by atoms with van der Waals surface area (Å²) < 4.78 is 5.48. The van der Waals surface area contributed by atoms with Crippen molar-refractivity contribution < 1.29 is 9.53 Å². The number of hydrogen-bond acceptors (Lipinski definition) is 3. The SMILES string of the molecule is O=C(NCC(c1ccc(Cl)cc1)N1CCOCC1)C1CCCCC1. The average Bonchev–Trinajstić information content (AvgIpc) is 2.65. The largest absolute Gasteiger partial charge is 0.379 e. The van der Waals surface area contributed by atoms with Crippen LogP contribution in [0.2, 0.25) is 5.02 Å². The van der Waals surface area contributed by atoms with Crippen LogP contribution in [0.3, 0.4) is 0 Å². The van der Waals surface area contributed by atoms with Gasteiger partial charge in [-0.15, -0.1) is 0 Å². The third kappa shape index (κ3) is 4.71. The highest BCUT2D eigenvalue weighted by atomic mass is 35.5. The van der Waals surface area contributed by atoms with Crippen molar-refractivity contribution in [3.8, 4) is 0 Å². The number of amides is 1. The molecule has 3 rings (SSSR count). The molecule has 2 aliphatic rings. The Labute approximate surface area is 149 Å². The summed E-state index contributed by atoms with van der Waals surface area (Å²) in [6.07, 6.45) is 5.71. The van der Waals surface area contributed by atoms with Crippen molar-refractivity contribution >= 4 is 17.5 Å². The second-order valence-electron chi connectivity index (χ2n) is 6.80. The van der Waals surface area contributed by atoms with Gasteiger partial charge in [0.05, 0.1) is 19.3 Å². The zero-order chi connectivity index (χ0) is 16.8. The van der Waals surface area contributed by atoms with Gasteiger partial charge in [0.2, 0.25) is 5.91 Å². The van der Waals surface area contributed by atoms with Gasteiger partial charge in [-0.2, -0.15) is 0 Å². The second-order valence-corrected chi connectivity index (χ2v) is 7.23. The van der Waals surface area contributed by atoms with Gasteiger partial charge in [0.1, 0.15) is 0 Å². The molecule has 1 atom stereocenters. The highest BCUT2D eigenvalue weighted by Crippen LogP contribution is 2.25. The van der Waals surface area contributed by atoms with E-state index in [2.05, 4.69) is 22.3 Å². The van der Waals surface area contributed by atoms with E-state index in [9.17, 15) is 4.79 Å². The van der Waals surface area contributed by atoms with E-state index in [1.54, 1.807) is 0 Å². The molecule has 132 valence electrons. The fourth-order valence-electron chi connectivity index (χ4n) is 3.74. The van der Waals surface area contributed by atoms with Crippen molar-refractivity contribution in [1.29, 1.82) is 0 Å². The molecule has 1 aliphatic heterocycles. The number of nitrogens with one attached hydrogen (secondary N) is 1. The minimum atomic E-state index is 0.179. The Morgan fingerprint density at radius 3 is 2.50 bits per heavy atom. The summed E-state index contributed by atoms with van der Waals surface area (Å²) in [5.41, 5.74) is 1.20. The van der Waals surface area contributed by atoms with Crippen LogP contribution in [0.5, 0.6) is 0 Å². The molecular weight excluding hydrogens is 324 g/mol. The van der Waals surface area contributed by atoms with E-state index in [1.165, 1.54) is 24.8 Å². The number of carbonyl (C=O) groups is 1. The number of ether oxygens (including phenoxy) is 1. The summed E-state index contributed by atoms with van der Waals surface area (Å²) in [6, 6.07) is 8.16. The smallest absolute Gasteiger partial charge is 0.223 e. The molecule has 1 saturated carbocycles. The Balaban J connectivity index is 1.64. The lowest BCUT2D eigenvalue weighted by Crippen LogP contribution is -2.44. The van der Waals surface area contributed by atoms with Crippen molar-refractivity contribution in [2.75, 3.05) is 32.8 Å². The molecule has 1 aliphatic carbocycles. The minimum absolute atomic E-state index is 0.179. The third-order valence-electron chi connectivity index (χ3n) is 5.19. The molecule has 0 radical (unpaired) electrons. The number of carbonyl (C=O) groups excluding carboxylic acids is 1. The zero-order valence-electron chi connectivity index (χ0n) is 14.2. The van der Waals surface area contributed by atoms with E-state index in [0.717, 1.165) is 44.2 Å². The lowest BCUT2D eigenvalue weighted by atomic mass is 9.88. The first-order valence-electron chi connectivity index (χ1n) is 9.09. The zero-order valence-corrected chi connectivity index (χ0v) is 14.9. The van der Waals surface area contributed by atoms with Crippen LogP contribution in [-0.4, -0.2) is 43.7 Å². The molecule has 1 N–H and O–H groups in total. The van der Waals surface area contributed by atoms with Crippen molar-refractivity contribution in [1.82, 2.24) is 10.2 Å². The number of benzene rings is 1. The Bertz CT molecular complexity index is 523. The van der Waals surface area contributed by atoms with Gasteiger partial charge in [-0.05, 0) is 30.5 Å². The first-order valence-corrected chi connectivity index (χ1v) is 9.47. The Kier molecular flexibility index (Phi) is 6.52. The van der Waals surface area contributed by atoms with Gasteiger partial charge in [0.15, 0.2) is 0 Å². The predicted octanol–water partition coefficient (Wildman–Crippen LogP) is 3.41. The van der Waals surface area contributed by atoms with Gasteiger partial charge < -0.3 is 10.1 Å². The van der Waals surface area contributed by atoms with E-state index < -0.39 is 0 Å². The van der Waals surface area contributed by atoms with Crippen LogP contribution in [0, 0.1) is 5.92 Å². The van der Waals surface area contributed by atoms with Crippen molar-refractivity contribution in [2.45, 2.75) is 38.1 Å². The first kappa shape index (κ1) is 17.7. The summed E-state index contributed by atoms with van der Waals surface area (Å²) >= 11 is 6.03. The molecule has 1 unspecified atom stereocenters. The van der Waals surface area contributed by atoms with Crippen LogP contribution in [0.25, 0.3) is 0 Å². The molecule has 0 bridgehead atoms. The monoisotopic (exact) mass is 350 g/mol. The van der Waals surface area contributed by atoms with Crippen molar-refractivity contribution in [3.63, 3.8) is 0 Å². The van der Waals surface area contributed by atoms with Gasteiger partial charge >= 0.3 is 0 Å². The lowest BCUT2D eigenvalue weighted by Gasteiger charge is -2.35. The molecule has 1 saturated heterocycles. The number of halogens is 1. The molecule has 1 heterocycles. The molecular formula is C19H27ClN2O2. The summed E-state index contributed by atoms with van der Waals surface area (Å²) in [6.45, 7) is 3.94. The molecule has 2 fully saturated rings. The molecule has 1 amide bonds. The molecule has 24 heavy (non-hydrogen) atoms. The van der Waals surface area contributed by atoms with E-state index >= 15 is 0 Å². The number of rotatable bonds is 5. The van der Waals surface area contributed by atoms with Crippen LogP contribution in [0.4, 0.5) is 0 Å². The summed E-state index contributed by atoms with van der Waals surface area (Å²) in [7, 11) is 0. The van der Waals surface area contributed by atoms with Gasteiger partial charge in [0, 0.05) is 30.6 Å². The Morgan fingerprint density at radius 2 is 1.83 bits per heavy atom. The fraction of sp³-hybridized carbons (Fsp3) is 0.632. The van der Waals surface area contributed by atoms with Crippen molar-refractivity contribution in [3.05, 3.63) is 34.9 Å². The standard InChI is InChI=1S/C19H27ClN2O2/c20-17-8-6-15(7-9-17)18(22-10-12-24-13-11-22)14-21-19(23)16-4-2-1-3-5-16/h6-9,16,18H,1-5,10-14H2,(H,21,23). The Hall–Kier alpha value is -1.10. The molecule has 0 aromatic heterocycles. The highest BCUT2D eigenvalue weighted by molar-refractivity contribution is 6.30. The summed E-state index contributed by atoms with van der Waals surface area (Å²) in [5.74, 6) is 0.427. The van der Waals surface area contributed by atoms with Crippen LogP contribution < -0.4 is 5.32 Å². The quantitative estimate of drug-likeness (QED) is 0.884. The van der Waals surface area contributed by atoms with Gasteiger partial charge in [-0.3, -0.25) is 9.69 Å². The van der Waals surface area contributed by atoms with Gasteiger partial charge in [-0.1, -0.05) is 43.0 Å². The van der Waals surface area contributed by atoms with Crippen LogP contribution in [0.15, 0.2) is 24.3 Å². The maximum atomic E-state index is 12.5. The van der Waals surface area contributed by atoms with Crippen LogP contribution in [0.1, 0.15) is 43.7 Å². The lowest BCUT2D eigenvalue weighted by molar-refractivity contribution is -0.126. The maximum Gasteiger partial charge on any atom is 0.223 e. The van der Waals surface area contributed by atoms with E-state index in [1.807, 2.05) is 12.1 Å². The van der Waals surface area contributed by atoms with E-state index in [4.69, 9.17) is 16.3 Å². The normalized spacial score (nSPS) is 21.4. The number of morpholine rings is 1. The molecule has 1 aromatic rings. The topological polar surface area (TPSA) is 41.6 Å². The van der Waals surface area contributed by atoms with Gasteiger partial charge in [0.25, 0.3) is 0 Å². The highest BCUT2D eigenvalue weighted by Gasteiger charge is 2.25. The van der Waals surface area contributed by atoms with E-state index in [-0.39, 0.29) is 17.9 Å². The minimum Gasteiger partial charge on any atom is -0.379 e. The number of hydrogen-bond donors (Lipinski definition) is 1. The van der Waals surface area contributed by atoms with Crippen molar-refractivity contribution in [2.24, 2.45) is 5.92 Å². The van der Waals surface area contributed by atoms with E-state index in [0.29, 0.717) is 6.54 Å². The maximum absolute atomic E-state index is 12.5. The summed E-state index contributed by atoms with van der Waals surface area (Å²) in [4.78, 5) is 14.9. The molecule has 0 spiro atoms. The second kappa shape index (κ2) is 8.84. The van der Waals surface area contributed by atoms with Gasteiger partial charge in [-0.25, -0.2) is 0 Å². The molecule has 5 heteroatoms. The summed E-state index contributed by atoms with van der Waals surface area (Å²) in [5, 5.41) is 3.95. The molecule has 1 aromatic carbocycles. The molecule has 4 nitrogen and oxygen atoms in total. The third-order valence-corrected chi connectivity index (χ3v) is 5.44. The number of nitrogens with zero attached hydrogens (tertiary/aromatic N) is 1. The predicted molar refractivity (Wildman–Crippen MR) is 96.2 cm³/mol. The first-order chi connectivity index (χ1) is 11.7. The van der Waals surface area contributed by atoms with Crippen LogP contribution in [-0.2, 0) is 9.53 Å². The average molecular weight is 351 g/mol. The Morgan fingerprint density at radius 1 is 1.17 bits per heavy atom. The fourth-order valence-corrected chi connectivity index (χ4v) is 3.86.